The molecule has 0 aliphatic carbocycles. The van der Waals surface area contributed by atoms with Crippen LogP contribution >= 0.6 is 34.4 Å². The molecule has 0 bridgehead atoms. The molecule has 0 spiro atoms. The van der Waals surface area contributed by atoms with Crippen molar-refractivity contribution in [2.75, 3.05) is 5.75 Å². The number of aromatic nitrogens is 1. The van der Waals surface area contributed by atoms with Crippen LogP contribution in [0.4, 0.5) is 0 Å². The van der Waals surface area contributed by atoms with E-state index in [2.05, 4.69) is 67.6 Å². The second kappa shape index (κ2) is 5.78. The van der Waals surface area contributed by atoms with E-state index in [1.165, 1.54) is 0 Å². The zero-order valence-corrected chi connectivity index (χ0v) is 14.1. The summed E-state index contributed by atoms with van der Waals surface area (Å²) in [7, 11) is 0. The number of oxazole rings is 1. The Labute approximate surface area is 122 Å². The van der Waals surface area contributed by atoms with Crippen molar-refractivity contribution < 1.29 is 4.42 Å². The van der Waals surface area contributed by atoms with Gasteiger partial charge in [-0.05, 0) is 24.7 Å². The maximum atomic E-state index is 5.66. The molecular weight excluding hydrogens is 345 g/mol. The lowest BCUT2D eigenvalue weighted by molar-refractivity contribution is 0.467. The number of nitrogens with zero attached hydrogens (tertiary/aromatic N) is 1. The van der Waals surface area contributed by atoms with E-state index in [9.17, 15) is 0 Å². The number of hydrogen-bond acceptors (Lipinski definition) is 3. The SMILES string of the molecule is CC(C)(C)CS/C=C/c1ncc(C(C)(C)I)o1. The van der Waals surface area contributed by atoms with E-state index in [1.54, 1.807) is 18.0 Å². The normalized spacial score (nSPS) is 13.5. The molecule has 0 aliphatic rings. The zero-order chi connectivity index (χ0) is 13.1. The van der Waals surface area contributed by atoms with Crippen molar-refractivity contribution in [1.29, 1.82) is 0 Å². The first-order valence-electron chi connectivity index (χ1n) is 5.62. The highest BCUT2D eigenvalue weighted by molar-refractivity contribution is 14.1. The van der Waals surface area contributed by atoms with Gasteiger partial charge in [0.1, 0.15) is 5.76 Å². The van der Waals surface area contributed by atoms with Gasteiger partial charge in [-0.3, -0.25) is 0 Å². The Bertz CT molecular complexity index is 385. The minimum atomic E-state index is -0.00456. The second-order valence-corrected chi connectivity index (χ2v) is 9.30. The molecule has 17 heavy (non-hydrogen) atoms. The monoisotopic (exact) mass is 365 g/mol. The highest BCUT2D eigenvalue weighted by Gasteiger charge is 2.20. The van der Waals surface area contributed by atoms with Gasteiger partial charge in [0.2, 0.25) is 5.89 Å². The molecule has 0 fully saturated rings. The molecule has 96 valence electrons. The van der Waals surface area contributed by atoms with Crippen molar-refractivity contribution in [3.63, 3.8) is 0 Å². The Kier molecular flexibility index (Phi) is 5.13. The molecule has 0 saturated carbocycles. The molecule has 0 saturated heterocycles. The standard InChI is InChI=1S/C13H20INOS/c1-12(2,3)9-17-7-6-11-15-8-10(16-11)13(4,5)14/h6-8H,9H2,1-5H3/b7-6+. The van der Waals surface area contributed by atoms with Gasteiger partial charge in [0, 0.05) is 11.8 Å². The summed E-state index contributed by atoms with van der Waals surface area (Å²) < 4.78 is 5.66. The van der Waals surface area contributed by atoms with E-state index >= 15 is 0 Å². The fraction of sp³-hybridized carbons (Fsp3) is 0.615. The van der Waals surface area contributed by atoms with Crippen LogP contribution in [0.2, 0.25) is 0 Å². The molecule has 0 unspecified atom stereocenters. The molecule has 1 aromatic heterocycles. The molecular formula is C13H20INOS. The van der Waals surface area contributed by atoms with Gasteiger partial charge in [-0.2, -0.15) is 0 Å². The molecule has 0 atom stereocenters. The van der Waals surface area contributed by atoms with Crippen LogP contribution in [0.25, 0.3) is 6.08 Å². The van der Waals surface area contributed by atoms with Gasteiger partial charge >= 0.3 is 0 Å². The van der Waals surface area contributed by atoms with Gasteiger partial charge in [-0.15, -0.1) is 11.8 Å². The van der Waals surface area contributed by atoms with Crippen molar-refractivity contribution in [2.45, 2.75) is 38.0 Å². The van der Waals surface area contributed by atoms with Crippen LogP contribution in [0, 0.1) is 5.41 Å². The lowest BCUT2D eigenvalue weighted by atomic mass is 10.0. The first-order valence-corrected chi connectivity index (χ1v) is 7.75. The summed E-state index contributed by atoms with van der Waals surface area (Å²) in [5.41, 5.74) is 0.348. The van der Waals surface area contributed by atoms with Crippen LogP contribution in [-0.4, -0.2) is 10.7 Å². The number of thioether (sulfide) groups is 1. The molecule has 0 N–H and O–H groups in total. The third-order valence-corrected chi connectivity index (χ3v) is 3.83. The van der Waals surface area contributed by atoms with Crippen molar-refractivity contribution in [2.24, 2.45) is 5.41 Å². The molecule has 0 amide bonds. The quantitative estimate of drug-likeness (QED) is 0.549. The molecule has 0 aromatic carbocycles. The van der Waals surface area contributed by atoms with Crippen molar-refractivity contribution >= 4 is 40.4 Å². The summed E-state index contributed by atoms with van der Waals surface area (Å²) in [6, 6.07) is 0. The smallest absolute Gasteiger partial charge is 0.219 e. The van der Waals surface area contributed by atoms with Crippen LogP contribution in [0.3, 0.4) is 0 Å². The topological polar surface area (TPSA) is 26.0 Å². The average Bonchev–Trinajstić information content (AvgIpc) is 2.58. The predicted octanol–water partition coefficient (Wildman–Crippen LogP) is 5.09. The van der Waals surface area contributed by atoms with Gasteiger partial charge < -0.3 is 4.42 Å². The summed E-state index contributed by atoms with van der Waals surface area (Å²) >= 11 is 4.14. The minimum Gasteiger partial charge on any atom is -0.440 e. The number of alkyl halides is 1. The minimum absolute atomic E-state index is 0.00456. The third-order valence-electron chi connectivity index (χ3n) is 1.93. The lowest BCUT2D eigenvalue weighted by Crippen LogP contribution is -2.07. The summed E-state index contributed by atoms with van der Waals surface area (Å²) in [5, 5.41) is 2.06. The Morgan fingerprint density at radius 1 is 1.35 bits per heavy atom. The van der Waals surface area contributed by atoms with Crippen LogP contribution in [0.5, 0.6) is 0 Å². The van der Waals surface area contributed by atoms with Gasteiger partial charge in [0.05, 0.1) is 9.62 Å². The van der Waals surface area contributed by atoms with Crippen molar-refractivity contribution in [1.82, 2.24) is 4.98 Å². The van der Waals surface area contributed by atoms with Crippen molar-refractivity contribution in [3.05, 3.63) is 23.3 Å². The number of hydrogen-bond donors (Lipinski definition) is 0. The number of halogens is 1. The van der Waals surface area contributed by atoms with Gasteiger partial charge in [-0.1, -0.05) is 43.4 Å². The Morgan fingerprint density at radius 2 is 2.00 bits per heavy atom. The predicted molar refractivity (Wildman–Crippen MR) is 84.5 cm³/mol. The van der Waals surface area contributed by atoms with E-state index in [1.807, 2.05) is 6.08 Å². The van der Waals surface area contributed by atoms with E-state index in [0.29, 0.717) is 11.3 Å². The molecule has 1 aromatic rings. The first kappa shape index (κ1) is 15.1. The number of rotatable bonds is 4. The molecule has 0 aliphatic heterocycles. The fourth-order valence-corrected chi connectivity index (χ4v) is 2.10. The highest BCUT2D eigenvalue weighted by atomic mass is 127. The Balaban J connectivity index is 2.53. The zero-order valence-electron chi connectivity index (χ0n) is 11.1. The van der Waals surface area contributed by atoms with Gasteiger partial charge in [0.15, 0.2) is 0 Å². The molecule has 1 rings (SSSR count). The van der Waals surface area contributed by atoms with Crippen LogP contribution in [0.1, 0.15) is 46.3 Å². The molecule has 0 radical (unpaired) electrons. The summed E-state index contributed by atoms with van der Waals surface area (Å²) in [6.45, 7) is 10.9. The summed E-state index contributed by atoms with van der Waals surface area (Å²) in [5.74, 6) is 2.69. The highest BCUT2D eigenvalue weighted by Crippen LogP contribution is 2.31. The largest absolute Gasteiger partial charge is 0.440 e. The van der Waals surface area contributed by atoms with E-state index in [0.717, 1.165) is 11.5 Å². The maximum Gasteiger partial charge on any atom is 0.219 e. The fourth-order valence-electron chi connectivity index (χ4n) is 1.04. The molecule has 1 heterocycles. The van der Waals surface area contributed by atoms with Gasteiger partial charge in [-0.25, -0.2) is 4.98 Å². The van der Waals surface area contributed by atoms with Crippen LogP contribution in [0.15, 0.2) is 16.0 Å². The lowest BCUT2D eigenvalue weighted by Gasteiger charge is -2.15. The van der Waals surface area contributed by atoms with E-state index in [-0.39, 0.29) is 3.42 Å². The Morgan fingerprint density at radius 3 is 2.47 bits per heavy atom. The maximum absolute atomic E-state index is 5.66. The van der Waals surface area contributed by atoms with E-state index in [4.69, 9.17) is 4.42 Å². The second-order valence-electron chi connectivity index (χ2n) is 5.71. The third kappa shape index (κ3) is 5.95. The van der Waals surface area contributed by atoms with Crippen molar-refractivity contribution in [3.8, 4) is 0 Å². The molecule has 2 nitrogen and oxygen atoms in total. The van der Waals surface area contributed by atoms with E-state index < -0.39 is 0 Å². The van der Waals surface area contributed by atoms with Crippen LogP contribution in [-0.2, 0) is 3.42 Å². The average molecular weight is 365 g/mol. The van der Waals surface area contributed by atoms with Gasteiger partial charge in [0.25, 0.3) is 0 Å². The molecule has 4 heteroatoms. The summed E-state index contributed by atoms with van der Waals surface area (Å²) in [6.07, 6.45) is 3.74. The Hall–Kier alpha value is 0.0300. The first-order chi connectivity index (χ1) is 7.68. The summed E-state index contributed by atoms with van der Waals surface area (Å²) in [4.78, 5) is 4.25. The van der Waals surface area contributed by atoms with Crippen LogP contribution < -0.4 is 0 Å².